The van der Waals surface area contributed by atoms with Gasteiger partial charge in [-0.25, -0.2) is 4.98 Å². The Morgan fingerprint density at radius 1 is 1.05 bits per heavy atom. The summed E-state index contributed by atoms with van der Waals surface area (Å²) in [6.45, 7) is 2.35. The third-order valence-electron chi connectivity index (χ3n) is 2.99. The molecule has 0 aliphatic heterocycles. The zero-order valence-electron chi connectivity index (χ0n) is 11.8. The Kier molecular flexibility index (Phi) is 4.42. The Labute approximate surface area is 118 Å². The van der Waals surface area contributed by atoms with Crippen molar-refractivity contribution in [3.63, 3.8) is 0 Å². The van der Waals surface area contributed by atoms with Crippen molar-refractivity contribution in [3.05, 3.63) is 41.6 Å². The molecule has 0 fully saturated rings. The summed E-state index contributed by atoms with van der Waals surface area (Å²) >= 11 is 0. The maximum atomic E-state index is 5.82. The zero-order valence-corrected chi connectivity index (χ0v) is 11.8. The predicted molar refractivity (Wildman–Crippen MR) is 76.5 cm³/mol. The number of aryl methyl sites for hydroxylation is 1. The number of rotatable bonds is 5. The molecule has 0 unspecified atom stereocenters. The summed E-state index contributed by atoms with van der Waals surface area (Å²) in [7, 11) is 3.18. The molecule has 2 aromatic rings. The van der Waals surface area contributed by atoms with Gasteiger partial charge in [-0.15, -0.1) is 0 Å². The molecule has 2 N–H and O–H groups in total. The zero-order chi connectivity index (χ0) is 14.5. The van der Waals surface area contributed by atoms with Crippen LogP contribution in [0.2, 0.25) is 0 Å². The molecule has 5 nitrogen and oxygen atoms in total. The summed E-state index contributed by atoms with van der Waals surface area (Å²) in [5.74, 6) is 2.40. The average molecular weight is 274 g/mol. The molecule has 0 atom stereocenters. The highest BCUT2D eigenvalue weighted by Crippen LogP contribution is 2.31. The summed E-state index contributed by atoms with van der Waals surface area (Å²) < 4.78 is 16.2. The number of methoxy groups -OCH3 is 2. The summed E-state index contributed by atoms with van der Waals surface area (Å²) in [4.78, 5) is 4.23. The minimum Gasteiger partial charge on any atom is -0.496 e. The van der Waals surface area contributed by atoms with Crippen molar-refractivity contribution in [1.82, 2.24) is 4.98 Å². The van der Waals surface area contributed by atoms with Gasteiger partial charge in [0.15, 0.2) is 0 Å². The first kappa shape index (κ1) is 14.1. The van der Waals surface area contributed by atoms with Crippen LogP contribution in [0.15, 0.2) is 30.5 Å². The van der Waals surface area contributed by atoms with Gasteiger partial charge in [0, 0.05) is 36.5 Å². The van der Waals surface area contributed by atoms with Crippen molar-refractivity contribution >= 4 is 0 Å². The van der Waals surface area contributed by atoms with Crippen LogP contribution in [-0.2, 0) is 6.54 Å². The molecule has 0 aliphatic carbocycles. The van der Waals surface area contributed by atoms with Crippen molar-refractivity contribution in [2.75, 3.05) is 14.2 Å². The molecule has 106 valence electrons. The van der Waals surface area contributed by atoms with E-state index in [1.807, 2.05) is 13.0 Å². The van der Waals surface area contributed by atoms with E-state index in [0.717, 1.165) is 11.1 Å². The van der Waals surface area contributed by atoms with Gasteiger partial charge >= 0.3 is 0 Å². The van der Waals surface area contributed by atoms with Gasteiger partial charge in [0.2, 0.25) is 5.88 Å². The lowest BCUT2D eigenvalue weighted by Crippen LogP contribution is -2.03. The third-order valence-corrected chi connectivity index (χ3v) is 2.99. The average Bonchev–Trinajstić information content (AvgIpc) is 2.47. The smallest absolute Gasteiger partial charge is 0.223 e. The van der Waals surface area contributed by atoms with E-state index < -0.39 is 0 Å². The molecule has 0 saturated carbocycles. The molecule has 0 amide bonds. The molecule has 0 aliphatic rings. The standard InChI is InChI=1S/C15H18N2O3/c1-10-4-5-17-15(14(10)9-16)20-13-7-11(18-2)6-12(8-13)19-3/h4-8H,9,16H2,1-3H3. The number of hydrogen-bond donors (Lipinski definition) is 1. The van der Waals surface area contributed by atoms with Crippen LogP contribution in [0.4, 0.5) is 0 Å². The van der Waals surface area contributed by atoms with Crippen LogP contribution in [0.3, 0.4) is 0 Å². The van der Waals surface area contributed by atoms with Crippen LogP contribution in [0.1, 0.15) is 11.1 Å². The van der Waals surface area contributed by atoms with Crippen LogP contribution in [0.5, 0.6) is 23.1 Å². The lowest BCUT2D eigenvalue weighted by molar-refractivity contribution is 0.384. The normalized spacial score (nSPS) is 10.2. The summed E-state index contributed by atoms with van der Waals surface area (Å²) in [6, 6.07) is 7.22. The van der Waals surface area contributed by atoms with E-state index in [4.69, 9.17) is 19.9 Å². The number of benzene rings is 1. The first-order chi connectivity index (χ1) is 9.67. The van der Waals surface area contributed by atoms with Crippen molar-refractivity contribution in [2.24, 2.45) is 5.73 Å². The quantitative estimate of drug-likeness (QED) is 0.908. The predicted octanol–water partition coefficient (Wildman–Crippen LogP) is 2.66. The highest BCUT2D eigenvalue weighted by atomic mass is 16.5. The second-order valence-electron chi connectivity index (χ2n) is 4.27. The molecule has 1 aromatic carbocycles. The fourth-order valence-corrected chi connectivity index (χ4v) is 1.85. The van der Waals surface area contributed by atoms with Crippen LogP contribution in [-0.4, -0.2) is 19.2 Å². The van der Waals surface area contributed by atoms with Crippen LogP contribution in [0, 0.1) is 6.92 Å². The van der Waals surface area contributed by atoms with Crippen LogP contribution in [0.25, 0.3) is 0 Å². The Morgan fingerprint density at radius 2 is 1.65 bits per heavy atom. The third kappa shape index (κ3) is 3.00. The van der Waals surface area contributed by atoms with E-state index in [-0.39, 0.29) is 0 Å². The molecule has 1 aromatic heterocycles. The van der Waals surface area contributed by atoms with Gasteiger partial charge in [-0.1, -0.05) is 0 Å². The molecule has 0 saturated heterocycles. The van der Waals surface area contributed by atoms with Gasteiger partial charge in [-0.05, 0) is 18.6 Å². The molecule has 1 heterocycles. The van der Waals surface area contributed by atoms with Gasteiger partial charge in [0.1, 0.15) is 17.2 Å². The monoisotopic (exact) mass is 274 g/mol. The maximum Gasteiger partial charge on any atom is 0.223 e. The summed E-state index contributed by atoms with van der Waals surface area (Å²) in [5, 5.41) is 0. The van der Waals surface area contributed by atoms with E-state index in [1.165, 1.54) is 0 Å². The van der Waals surface area contributed by atoms with Crippen LogP contribution < -0.4 is 19.9 Å². The molecule has 0 bridgehead atoms. The number of pyridine rings is 1. The second kappa shape index (κ2) is 6.25. The molecule has 0 spiro atoms. The summed E-state index contributed by atoms with van der Waals surface area (Å²) in [5.41, 5.74) is 7.68. The first-order valence-corrected chi connectivity index (χ1v) is 6.23. The SMILES string of the molecule is COc1cc(OC)cc(Oc2nccc(C)c2CN)c1. The molecule has 5 heteroatoms. The minimum absolute atomic E-state index is 0.371. The Bertz CT molecular complexity index is 577. The molecule has 0 radical (unpaired) electrons. The van der Waals surface area contributed by atoms with E-state index in [1.54, 1.807) is 38.6 Å². The molecular weight excluding hydrogens is 256 g/mol. The largest absolute Gasteiger partial charge is 0.496 e. The first-order valence-electron chi connectivity index (χ1n) is 6.23. The minimum atomic E-state index is 0.371. The van der Waals surface area contributed by atoms with Gasteiger partial charge in [-0.2, -0.15) is 0 Å². The van der Waals surface area contributed by atoms with E-state index in [9.17, 15) is 0 Å². The Morgan fingerprint density at radius 3 is 2.20 bits per heavy atom. The Balaban J connectivity index is 2.37. The van der Waals surface area contributed by atoms with Crippen molar-refractivity contribution in [1.29, 1.82) is 0 Å². The fourth-order valence-electron chi connectivity index (χ4n) is 1.85. The van der Waals surface area contributed by atoms with E-state index in [2.05, 4.69) is 4.98 Å². The lowest BCUT2D eigenvalue weighted by Gasteiger charge is -2.12. The number of nitrogens with two attached hydrogens (primary N) is 1. The number of aromatic nitrogens is 1. The van der Waals surface area contributed by atoms with Crippen molar-refractivity contribution < 1.29 is 14.2 Å². The fraction of sp³-hybridized carbons (Fsp3) is 0.267. The van der Waals surface area contributed by atoms with Gasteiger partial charge in [0.25, 0.3) is 0 Å². The maximum absolute atomic E-state index is 5.82. The molecular formula is C15H18N2O3. The van der Waals surface area contributed by atoms with Crippen LogP contribution >= 0.6 is 0 Å². The topological polar surface area (TPSA) is 66.6 Å². The summed E-state index contributed by atoms with van der Waals surface area (Å²) in [6.07, 6.45) is 1.70. The number of ether oxygens (including phenoxy) is 3. The van der Waals surface area contributed by atoms with Gasteiger partial charge in [-0.3, -0.25) is 0 Å². The van der Waals surface area contributed by atoms with Gasteiger partial charge < -0.3 is 19.9 Å². The molecule has 20 heavy (non-hydrogen) atoms. The second-order valence-corrected chi connectivity index (χ2v) is 4.27. The Hall–Kier alpha value is -2.27. The van der Waals surface area contributed by atoms with E-state index >= 15 is 0 Å². The van der Waals surface area contributed by atoms with Gasteiger partial charge in [0.05, 0.1) is 14.2 Å². The molecule has 2 rings (SSSR count). The number of hydrogen-bond acceptors (Lipinski definition) is 5. The number of nitrogens with zero attached hydrogens (tertiary/aromatic N) is 1. The highest BCUT2D eigenvalue weighted by molar-refractivity contribution is 5.44. The van der Waals surface area contributed by atoms with Crippen molar-refractivity contribution in [2.45, 2.75) is 13.5 Å². The highest BCUT2D eigenvalue weighted by Gasteiger charge is 2.10. The lowest BCUT2D eigenvalue weighted by atomic mass is 10.1. The van der Waals surface area contributed by atoms with E-state index in [0.29, 0.717) is 29.7 Å². The van der Waals surface area contributed by atoms with Crippen molar-refractivity contribution in [3.8, 4) is 23.1 Å².